The summed E-state index contributed by atoms with van der Waals surface area (Å²) in [4.78, 5) is 4.62. The van der Waals surface area contributed by atoms with Gasteiger partial charge in [-0.15, -0.1) is 0 Å². The van der Waals surface area contributed by atoms with Gasteiger partial charge in [0.05, 0.1) is 28.7 Å². The van der Waals surface area contributed by atoms with Crippen molar-refractivity contribution in [1.82, 2.24) is 4.98 Å². The third-order valence-electron chi connectivity index (χ3n) is 2.42. The van der Waals surface area contributed by atoms with Gasteiger partial charge in [0.15, 0.2) is 0 Å². The molecule has 0 fully saturated rings. The van der Waals surface area contributed by atoms with E-state index in [1.54, 1.807) is 62.2 Å². The second-order valence-corrected chi connectivity index (χ2v) is 6.04. The van der Waals surface area contributed by atoms with Crippen molar-refractivity contribution in [2.24, 2.45) is 4.36 Å². The molecule has 1 unspecified atom stereocenters. The zero-order valence-corrected chi connectivity index (χ0v) is 11.1. The maximum absolute atomic E-state index is 12.5. The number of benzene rings is 1. The first-order valence-electron chi connectivity index (χ1n) is 5.38. The molecule has 18 heavy (non-hydrogen) atoms. The molecule has 0 bridgehead atoms. The van der Waals surface area contributed by atoms with Gasteiger partial charge in [0, 0.05) is 17.3 Å². The quantitative estimate of drug-likeness (QED) is 0.854. The summed E-state index contributed by atoms with van der Waals surface area (Å²) in [7, 11) is -0.863. The van der Waals surface area contributed by atoms with Crippen LogP contribution in [0.25, 0.3) is 0 Å². The Morgan fingerprint density at radius 1 is 1.22 bits per heavy atom. The van der Waals surface area contributed by atoms with E-state index in [-0.39, 0.29) is 0 Å². The maximum Gasteiger partial charge on any atom is 0.118 e. The normalized spacial score (nSPS) is 13.7. The molecule has 94 valence electrons. The third-order valence-corrected chi connectivity index (χ3v) is 4.13. The van der Waals surface area contributed by atoms with Gasteiger partial charge in [-0.3, -0.25) is 4.98 Å². The fraction of sp³-hybridized carbons (Fsp3) is 0.154. The lowest BCUT2D eigenvalue weighted by Crippen LogP contribution is -1.97. The molecule has 0 radical (unpaired) electrons. The van der Waals surface area contributed by atoms with Crippen molar-refractivity contribution in [3.05, 3.63) is 48.8 Å². The fourth-order valence-corrected chi connectivity index (χ4v) is 2.75. The van der Waals surface area contributed by atoms with Gasteiger partial charge in [0.1, 0.15) is 5.75 Å². The molecule has 2 aromatic rings. The highest BCUT2D eigenvalue weighted by molar-refractivity contribution is 7.93. The van der Waals surface area contributed by atoms with Crippen molar-refractivity contribution in [2.75, 3.05) is 13.4 Å². The van der Waals surface area contributed by atoms with Gasteiger partial charge in [-0.2, -0.15) is 4.36 Å². The van der Waals surface area contributed by atoms with Crippen LogP contribution < -0.4 is 4.74 Å². The standard InChI is InChI=1S/C13H14N2O2S/c1-17-12-5-7-13(8-6-12)18(2,16)15-11-4-3-9-14-10-11/h3-10H,1-2H3. The number of rotatable bonds is 3. The monoisotopic (exact) mass is 262 g/mol. The summed E-state index contributed by atoms with van der Waals surface area (Å²) < 4.78 is 21.8. The minimum Gasteiger partial charge on any atom is -0.497 e. The maximum atomic E-state index is 12.5. The SMILES string of the molecule is COc1ccc(S(C)(=O)=Nc2cccnc2)cc1. The minimum absolute atomic E-state index is 0.612. The van der Waals surface area contributed by atoms with Crippen LogP contribution in [0.4, 0.5) is 5.69 Å². The Labute approximate surface area is 107 Å². The second-order valence-electron chi connectivity index (χ2n) is 3.78. The van der Waals surface area contributed by atoms with Crippen LogP contribution in [0.1, 0.15) is 0 Å². The number of nitrogens with zero attached hydrogens (tertiary/aromatic N) is 2. The van der Waals surface area contributed by atoms with Gasteiger partial charge in [-0.1, -0.05) is 0 Å². The Hall–Kier alpha value is -1.88. The van der Waals surface area contributed by atoms with Crippen LogP contribution >= 0.6 is 0 Å². The van der Waals surface area contributed by atoms with Crippen LogP contribution in [0.2, 0.25) is 0 Å². The molecule has 1 atom stereocenters. The van der Waals surface area contributed by atoms with Gasteiger partial charge in [0.25, 0.3) is 0 Å². The van der Waals surface area contributed by atoms with Crippen LogP contribution in [0.3, 0.4) is 0 Å². The minimum atomic E-state index is -2.46. The average Bonchev–Trinajstić information content (AvgIpc) is 2.39. The van der Waals surface area contributed by atoms with Crippen LogP contribution in [-0.4, -0.2) is 22.6 Å². The molecule has 0 amide bonds. The van der Waals surface area contributed by atoms with E-state index in [9.17, 15) is 4.21 Å². The zero-order valence-electron chi connectivity index (χ0n) is 10.2. The largest absolute Gasteiger partial charge is 0.497 e. The van der Waals surface area contributed by atoms with E-state index in [0.29, 0.717) is 10.6 Å². The van der Waals surface area contributed by atoms with Crippen molar-refractivity contribution >= 4 is 15.4 Å². The van der Waals surface area contributed by atoms with Crippen molar-refractivity contribution < 1.29 is 8.95 Å². The van der Waals surface area contributed by atoms with Crippen molar-refractivity contribution in [3.63, 3.8) is 0 Å². The highest BCUT2D eigenvalue weighted by Crippen LogP contribution is 2.20. The van der Waals surface area contributed by atoms with Gasteiger partial charge in [0.2, 0.25) is 0 Å². The van der Waals surface area contributed by atoms with Crippen LogP contribution in [0, 0.1) is 0 Å². The molecule has 1 aromatic carbocycles. The number of pyridine rings is 1. The summed E-state index contributed by atoms with van der Waals surface area (Å²) in [5.74, 6) is 0.732. The lowest BCUT2D eigenvalue weighted by Gasteiger charge is -2.05. The van der Waals surface area contributed by atoms with Gasteiger partial charge < -0.3 is 4.74 Å². The summed E-state index contributed by atoms with van der Waals surface area (Å²) in [6.45, 7) is 0. The number of hydrogen-bond acceptors (Lipinski definition) is 4. The molecule has 0 spiro atoms. The zero-order chi connectivity index (χ0) is 13.0. The lowest BCUT2D eigenvalue weighted by molar-refractivity contribution is 0.414. The molecule has 0 saturated carbocycles. The number of methoxy groups -OCH3 is 1. The predicted molar refractivity (Wildman–Crippen MR) is 71.7 cm³/mol. The highest BCUT2D eigenvalue weighted by atomic mass is 32.2. The molecule has 0 aliphatic rings. The van der Waals surface area contributed by atoms with Crippen molar-refractivity contribution in [3.8, 4) is 5.75 Å². The molecule has 0 aliphatic heterocycles. The van der Waals surface area contributed by atoms with Crippen molar-refractivity contribution in [2.45, 2.75) is 4.90 Å². The molecule has 1 aromatic heterocycles. The first-order chi connectivity index (χ1) is 8.62. The predicted octanol–water partition coefficient (Wildman–Crippen LogP) is 2.88. The Morgan fingerprint density at radius 3 is 2.50 bits per heavy atom. The van der Waals surface area contributed by atoms with E-state index in [1.807, 2.05) is 0 Å². The van der Waals surface area contributed by atoms with E-state index in [2.05, 4.69) is 9.35 Å². The van der Waals surface area contributed by atoms with E-state index in [1.165, 1.54) is 0 Å². The van der Waals surface area contributed by atoms with E-state index in [0.717, 1.165) is 5.75 Å². The molecule has 5 heteroatoms. The Kier molecular flexibility index (Phi) is 3.62. The highest BCUT2D eigenvalue weighted by Gasteiger charge is 2.06. The average molecular weight is 262 g/mol. The molecule has 0 aliphatic carbocycles. The molecule has 0 saturated heterocycles. The van der Waals surface area contributed by atoms with Crippen LogP contribution in [0.15, 0.2) is 58.1 Å². The summed E-state index contributed by atoms with van der Waals surface area (Å²) in [5, 5.41) is 0. The summed E-state index contributed by atoms with van der Waals surface area (Å²) in [5.41, 5.74) is 0.612. The third kappa shape index (κ3) is 2.87. The molecule has 0 N–H and O–H groups in total. The van der Waals surface area contributed by atoms with Gasteiger partial charge in [-0.25, -0.2) is 4.21 Å². The van der Waals surface area contributed by atoms with E-state index < -0.39 is 9.73 Å². The molecular weight excluding hydrogens is 248 g/mol. The first-order valence-corrected chi connectivity index (χ1v) is 7.30. The summed E-state index contributed by atoms with van der Waals surface area (Å²) >= 11 is 0. The van der Waals surface area contributed by atoms with E-state index >= 15 is 0 Å². The smallest absolute Gasteiger partial charge is 0.118 e. The molecule has 1 heterocycles. The first kappa shape index (κ1) is 12.6. The fourth-order valence-electron chi connectivity index (χ4n) is 1.49. The Balaban J connectivity index is 2.41. The van der Waals surface area contributed by atoms with Gasteiger partial charge >= 0.3 is 0 Å². The topological polar surface area (TPSA) is 51.5 Å². The summed E-state index contributed by atoms with van der Waals surface area (Å²) in [6, 6.07) is 10.6. The number of aromatic nitrogens is 1. The van der Waals surface area contributed by atoms with Crippen LogP contribution in [-0.2, 0) is 9.73 Å². The molecule has 4 nitrogen and oxygen atoms in total. The lowest BCUT2D eigenvalue weighted by atomic mass is 10.3. The van der Waals surface area contributed by atoms with Crippen LogP contribution in [0.5, 0.6) is 5.75 Å². The Morgan fingerprint density at radius 2 is 1.94 bits per heavy atom. The number of hydrogen-bond donors (Lipinski definition) is 0. The summed E-state index contributed by atoms with van der Waals surface area (Å²) in [6.07, 6.45) is 4.86. The molecular formula is C13H14N2O2S. The van der Waals surface area contributed by atoms with Crippen molar-refractivity contribution in [1.29, 1.82) is 0 Å². The van der Waals surface area contributed by atoms with E-state index in [4.69, 9.17) is 4.74 Å². The second kappa shape index (κ2) is 5.18. The van der Waals surface area contributed by atoms with Gasteiger partial charge in [-0.05, 0) is 36.4 Å². The molecule has 2 rings (SSSR count). The Bertz CT molecular complexity index is 630. The number of ether oxygens (including phenoxy) is 1.